The van der Waals surface area contributed by atoms with Gasteiger partial charge in [-0.1, -0.05) is 43.2 Å². The first-order valence-electron chi connectivity index (χ1n) is 8.18. The Kier molecular flexibility index (Phi) is 4.62. The number of nitrogens with zero attached hydrogens (tertiary/aromatic N) is 1. The molecule has 120 valence electrons. The number of anilines is 1. The first kappa shape index (κ1) is 15.9. The third-order valence-corrected chi connectivity index (χ3v) is 4.80. The predicted molar refractivity (Wildman–Crippen MR) is 99.7 cm³/mol. The summed E-state index contributed by atoms with van der Waals surface area (Å²) < 4.78 is 0. The molecule has 0 saturated heterocycles. The molecule has 0 radical (unpaired) electrons. The number of nitrogens with one attached hydrogen (secondary N) is 2. The highest BCUT2D eigenvalue weighted by atomic mass is 32.1. The van der Waals surface area contributed by atoms with Gasteiger partial charge in [-0.15, -0.1) is 0 Å². The second kappa shape index (κ2) is 6.67. The molecule has 2 N–H and O–H groups in total. The number of thiocarbonyl (C=S) groups is 1. The third kappa shape index (κ3) is 3.53. The SMILES string of the molecule is Cc1cccc(NC(=S)NC2(c3ccccc3C)CCCC2)n1. The summed E-state index contributed by atoms with van der Waals surface area (Å²) in [6.45, 7) is 4.16. The summed E-state index contributed by atoms with van der Waals surface area (Å²) in [5.41, 5.74) is 3.60. The molecule has 0 bridgehead atoms. The van der Waals surface area contributed by atoms with Crippen LogP contribution in [0.15, 0.2) is 42.5 Å². The van der Waals surface area contributed by atoms with E-state index < -0.39 is 0 Å². The van der Waals surface area contributed by atoms with Gasteiger partial charge >= 0.3 is 0 Å². The minimum absolute atomic E-state index is 0.0563. The smallest absolute Gasteiger partial charge is 0.172 e. The van der Waals surface area contributed by atoms with Gasteiger partial charge in [-0.25, -0.2) is 4.98 Å². The summed E-state index contributed by atoms with van der Waals surface area (Å²) in [5, 5.41) is 7.48. The number of pyridine rings is 1. The van der Waals surface area contributed by atoms with Gasteiger partial charge in [0.1, 0.15) is 5.82 Å². The van der Waals surface area contributed by atoms with E-state index in [4.69, 9.17) is 12.2 Å². The van der Waals surface area contributed by atoms with Crippen LogP contribution in [0.5, 0.6) is 0 Å². The molecule has 1 saturated carbocycles. The van der Waals surface area contributed by atoms with Crippen LogP contribution < -0.4 is 10.6 Å². The van der Waals surface area contributed by atoms with Crippen LogP contribution in [-0.2, 0) is 5.54 Å². The predicted octanol–water partition coefficient (Wildman–Crippen LogP) is 4.45. The van der Waals surface area contributed by atoms with E-state index in [1.807, 2.05) is 25.1 Å². The Morgan fingerprint density at radius 3 is 2.48 bits per heavy atom. The Labute approximate surface area is 143 Å². The van der Waals surface area contributed by atoms with E-state index in [0.29, 0.717) is 5.11 Å². The molecular weight excluding hydrogens is 302 g/mol. The molecule has 1 aromatic carbocycles. The summed E-state index contributed by atoms with van der Waals surface area (Å²) in [7, 11) is 0. The quantitative estimate of drug-likeness (QED) is 0.817. The highest BCUT2D eigenvalue weighted by molar-refractivity contribution is 7.80. The maximum atomic E-state index is 5.57. The van der Waals surface area contributed by atoms with E-state index in [2.05, 4.69) is 46.8 Å². The van der Waals surface area contributed by atoms with Crippen molar-refractivity contribution in [3.05, 3.63) is 59.3 Å². The number of aryl methyl sites for hydroxylation is 2. The van der Waals surface area contributed by atoms with Gasteiger partial charge in [-0.2, -0.15) is 0 Å². The molecule has 0 unspecified atom stereocenters. The van der Waals surface area contributed by atoms with Crippen molar-refractivity contribution in [1.82, 2.24) is 10.3 Å². The minimum atomic E-state index is -0.0563. The Bertz CT molecular complexity index is 705. The lowest BCUT2D eigenvalue weighted by Gasteiger charge is -2.33. The van der Waals surface area contributed by atoms with Gasteiger partial charge in [-0.05, 0) is 62.2 Å². The van der Waals surface area contributed by atoms with Crippen LogP contribution in [0.25, 0.3) is 0 Å². The van der Waals surface area contributed by atoms with E-state index in [-0.39, 0.29) is 5.54 Å². The lowest BCUT2D eigenvalue weighted by Crippen LogP contribution is -2.46. The van der Waals surface area contributed by atoms with Crippen LogP contribution in [0.1, 0.15) is 42.5 Å². The first-order chi connectivity index (χ1) is 11.1. The number of benzene rings is 1. The zero-order valence-electron chi connectivity index (χ0n) is 13.7. The summed E-state index contributed by atoms with van der Waals surface area (Å²) in [4.78, 5) is 4.46. The maximum Gasteiger partial charge on any atom is 0.172 e. The molecule has 1 aromatic heterocycles. The summed E-state index contributed by atoms with van der Waals surface area (Å²) >= 11 is 5.57. The van der Waals surface area contributed by atoms with Crippen molar-refractivity contribution in [2.75, 3.05) is 5.32 Å². The van der Waals surface area contributed by atoms with E-state index in [9.17, 15) is 0 Å². The number of hydrogen-bond acceptors (Lipinski definition) is 2. The van der Waals surface area contributed by atoms with Crippen molar-refractivity contribution in [2.45, 2.75) is 45.1 Å². The summed E-state index contributed by atoms with van der Waals surface area (Å²) in [6, 6.07) is 14.5. The molecule has 1 heterocycles. The molecule has 0 atom stereocenters. The van der Waals surface area contributed by atoms with Crippen LogP contribution in [0.4, 0.5) is 5.82 Å². The van der Waals surface area contributed by atoms with Crippen molar-refractivity contribution in [3.8, 4) is 0 Å². The zero-order chi connectivity index (χ0) is 16.3. The summed E-state index contributed by atoms with van der Waals surface area (Å²) in [5.74, 6) is 0.792. The van der Waals surface area contributed by atoms with Gasteiger partial charge in [0.05, 0.1) is 5.54 Å². The van der Waals surface area contributed by atoms with Crippen molar-refractivity contribution >= 4 is 23.1 Å². The van der Waals surface area contributed by atoms with E-state index in [0.717, 1.165) is 24.4 Å². The Morgan fingerprint density at radius 2 is 1.78 bits per heavy atom. The average molecular weight is 325 g/mol. The number of rotatable bonds is 3. The third-order valence-electron chi connectivity index (χ3n) is 4.60. The molecular formula is C19H23N3S. The molecule has 3 nitrogen and oxygen atoms in total. The standard InChI is InChI=1S/C19H23N3S/c1-14-8-3-4-10-16(14)19(12-5-6-13-19)22-18(23)21-17-11-7-9-15(2)20-17/h3-4,7-11H,5-6,12-13H2,1-2H3,(H2,20,21,22,23). The van der Waals surface area contributed by atoms with Crippen LogP contribution in [0.3, 0.4) is 0 Å². The molecule has 1 aliphatic carbocycles. The molecule has 3 rings (SSSR count). The minimum Gasteiger partial charge on any atom is -0.353 e. The number of hydrogen-bond donors (Lipinski definition) is 2. The largest absolute Gasteiger partial charge is 0.353 e. The highest BCUT2D eigenvalue weighted by Crippen LogP contribution is 2.40. The van der Waals surface area contributed by atoms with Crippen molar-refractivity contribution in [1.29, 1.82) is 0 Å². The fourth-order valence-electron chi connectivity index (χ4n) is 3.53. The molecule has 4 heteroatoms. The van der Waals surface area contributed by atoms with Gasteiger partial charge in [0.15, 0.2) is 5.11 Å². The Hall–Kier alpha value is -1.94. The first-order valence-corrected chi connectivity index (χ1v) is 8.59. The van der Waals surface area contributed by atoms with Crippen LogP contribution >= 0.6 is 12.2 Å². The molecule has 0 amide bonds. The van der Waals surface area contributed by atoms with Gasteiger partial charge in [0, 0.05) is 5.69 Å². The van der Waals surface area contributed by atoms with Crippen LogP contribution in [-0.4, -0.2) is 10.1 Å². The van der Waals surface area contributed by atoms with Crippen LogP contribution in [0, 0.1) is 13.8 Å². The lowest BCUT2D eigenvalue weighted by atomic mass is 9.85. The normalized spacial score (nSPS) is 16.1. The van der Waals surface area contributed by atoms with E-state index in [1.54, 1.807) is 0 Å². The van der Waals surface area contributed by atoms with E-state index in [1.165, 1.54) is 24.0 Å². The average Bonchev–Trinajstić information content (AvgIpc) is 2.97. The van der Waals surface area contributed by atoms with Crippen molar-refractivity contribution < 1.29 is 0 Å². The molecule has 0 aliphatic heterocycles. The molecule has 1 aliphatic rings. The van der Waals surface area contributed by atoms with Gasteiger partial charge in [0.25, 0.3) is 0 Å². The zero-order valence-corrected chi connectivity index (χ0v) is 14.5. The Morgan fingerprint density at radius 1 is 1.04 bits per heavy atom. The van der Waals surface area contributed by atoms with Crippen molar-refractivity contribution in [3.63, 3.8) is 0 Å². The second-order valence-electron chi connectivity index (χ2n) is 6.35. The molecule has 1 fully saturated rings. The summed E-state index contributed by atoms with van der Waals surface area (Å²) in [6.07, 6.45) is 4.68. The molecule has 2 aromatic rings. The van der Waals surface area contributed by atoms with Crippen molar-refractivity contribution in [2.24, 2.45) is 0 Å². The van der Waals surface area contributed by atoms with E-state index >= 15 is 0 Å². The molecule has 23 heavy (non-hydrogen) atoms. The maximum absolute atomic E-state index is 5.57. The Balaban J connectivity index is 1.80. The monoisotopic (exact) mass is 325 g/mol. The van der Waals surface area contributed by atoms with Gasteiger partial charge in [0.2, 0.25) is 0 Å². The fraction of sp³-hybridized carbons (Fsp3) is 0.368. The topological polar surface area (TPSA) is 37.0 Å². The van der Waals surface area contributed by atoms with Gasteiger partial charge < -0.3 is 10.6 Å². The second-order valence-corrected chi connectivity index (χ2v) is 6.76. The fourth-order valence-corrected chi connectivity index (χ4v) is 3.83. The lowest BCUT2D eigenvalue weighted by molar-refractivity contribution is 0.406. The van der Waals surface area contributed by atoms with Gasteiger partial charge in [-0.3, -0.25) is 0 Å². The van der Waals surface area contributed by atoms with Crippen LogP contribution in [0.2, 0.25) is 0 Å². The highest BCUT2D eigenvalue weighted by Gasteiger charge is 2.37. The molecule has 0 spiro atoms. The number of aromatic nitrogens is 1.